The van der Waals surface area contributed by atoms with Crippen molar-refractivity contribution >= 4 is 5.91 Å². The zero-order chi connectivity index (χ0) is 14.3. The maximum atomic E-state index is 12.1. The zero-order valence-corrected chi connectivity index (χ0v) is 11.3. The van der Waals surface area contributed by atoms with E-state index in [4.69, 9.17) is 0 Å². The first-order valence-corrected chi connectivity index (χ1v) is 6.10. The summed E-state index contributed by atoms with van der Waals surface area (Å²) in [5.74, 6) is -0.270. The predicted octanol–water partition coefficient (Wildman–Crippen LogP) is 1.52. The Hall–Kier alpha value is -2.07. The van der Waals surface area contributed by atoms with Crippen LogP contribution in [0.3, 0.4) is 0 Å². The Morgan fingerprint density at radius 2 is 2.05 bits per heavy atom. The summed E-state index contributed by atoms with van der Waals surface area (Å²) in [6.07, 6.45) is 1.66. The molecule has 0 saturated carbocycles. The van der Waals surface area contributed by atoms with E-state index < -0.39 is 6.04 Å². The van der Waals surface area contributed by atoms with E-state index in [1.165, 1.54) is 0 Å². The summed E-state index contributed by atoms with van der Waals surface area (Å²) in [6, 6.07) is 8.93. The summed E-state index contributed by atoms with van der Waals surface area (Å²) in [6.45, 7) is 5.39. The lowest BCUT2D eigenvalue weighted by atomic mass is 10.1. The topological polar surface area (TPSA) is 61.4 Å². The number of hydrogen-bond donors (Lipinski definition) is 3. The lowest BCUT2D eigenvalue weighted by Gasteiger charge is -2.18. The standard InChI is InChI=1S/C15H20N2O2/c1-11(2)9-13(16-3)15(19)17-14(10-18)12-7-5-4-6-8-12/h4-9,14,16,18H,1,10H2,2-3H3,(H,17,19)/b13-9-. The first kappa shape index (κ1) is 15.0. The maximum Gasteiger partial charge on any atom is 0.267 e. The monoisotopic (exact) mass is 260 g/mol. The normalized spacial score (nSPS) is 12.7. The molecular formula is C15H20N2O2. The Balaban J connectivity index is 2.81. The SMILES string of the molecule is C=C(C)/C=C(\NC)C(=O)NC(CO)c1ccccc1. The van der Waals surface area contributed by atoms with Gasteiger partial charge in [-0.15, -0.1) is 0 Å². The highest BCUT2D eigenvalue weighted by atomic mass is 16.3. The number of aliphatic hydroxyl groups is 1. The molecule has 0 heterocycles. The largest absolute Gasteiger partial charge is 0.394 e. The molecule has 0 aromatic heterocycles. The van der Waals surface area contributed by atoms with E-state index in [0.717, 1.165) is 11.1 Å². The number of benzene rings is 1. The Kier molecular flexibility index (Phi) is 5.82. The Bertz CT molecular complexity index is 466. The molecule has 4 heteroatoms. The number of carbonyl (C=O) groups excluding carboxylic acids is 1. The number of nitrogens with one attached hydrogen (secondary N) is 2. The van der Waals surface area contributed by atoms with E-state index in [2.05, 4.69) is 17.2 Å². The van der Waals surface area contributed by atoms with Crippen LogP contribution in [0, 0.1) is 0 Å². The van der Waals surface area contributed by atoms with Gasteiger partial charge in [-0.05, 0) is 18.6 Å². The number of hydrogen-bond acceptors (Lipinski definition) is 3. The number of rotatable bonds is 6. The Morgan fingerprint density at radius 3 is 2.53 bits per heavy atom. The molecule has 1 aromatic carbocycles. The van der Waals surface area contributed by atoms with Gasteiger partial charge in [0.1, 0.15) is 0 Å². The lowest BCUT2D eigenvalue weighted by Crippen LogP contribution is -2.35. The third-order valence-corrected chi connectivity index (χ3v) is 2.59. The van der Waals surface area contributed by atoms with Gasteiger partial charge in [-0.3, -0.25) is 4.79 Å². The highest BCUT2D eigenvalue weighted by molar-refractivity contribution is 5.93. The third kappa shape index (κ3) is 4.60. The van der Waals surface area contributed by atoms with Crippen molar-refractivity contribution in [3.05, 3.63) is 59.8 Å². The van der Waals surface area contributed by atoms with Crippen LogP contribution >= 0.6 is 0 Å². The fourth-order valence-electron chi connectivity index (χ4n) is 1.65. The summed E-state index contributed by atoms with van der Waals surface area (Å²) in [4.78, 5) is 12.1. The van der Waals surface area contributed by atoms with Gasteiger partial charge in [-0.25, -0.2) is 0 Å². The van der Waals surface area contributed by atoms with E-state index in [1.807, 2.05) is 37.3 Å². The fraction of sp³-hybridized carbons (Fsp3) is 0.267. The molecule has 3 N–H and O–H groups in total. The summed E-state index contributed by atoms with van der Waals surface area (Å²) >= 11 is 0. The van der Waals surface area contributed by atoms with Crippen LogP contribution in [0.5, 0.6) is 0 Å². The Morgan fingerprint density at radius 1 is 1.42 bits per heavy atom. The van der Waals surface area contributed by atoms with Crippen LogP contribution < -0.4 is 10.6 Å². The highest BCUT2D eigenvalue weighted by Gasteiger charge is 2.15. The molecule has 0 aliphatic rings. The number of likely N-dealkylation sites (N-methyl/N-ethyl adjacent to an activating group) is 1. The molecule has 1 atom stereocenters. The van der Waals surface area contributed by atoms with Crippen molar-refractivity contribution in [2.24, 2.45) is 0 Å². The molecule has 1 unspecified atom stereocenters. The first-order chi connectivity index (χ1) is 9.08. The maximum absolute atomic E-state index is 12.1. The van der Waals surface area contributed by atoms with Crippen LogP contribution in [-0.4, -0.2) is 24.7 Å². The summed E-state index contributed by atoms with van der Waals surface area (Å²) in [5.41, 5.74) is 2.06. The highest BCUT2D eigenvalue weighted by Crippen LogP contribution is 2.12. The van der Waals surface area contributed by atoms with Crippen molar-refractivity contribution in [1.29, 1.82) is 0 Å². The molecule has 0 saturated heterocycles. The minimum atomic E-state index is -0.421. The van der Waals surface area contributed by atoms with Crippen LogP contribution in [0.2, 0.25) is 0 Å². The molecule has 0 radical (unpaired) electrons. The van der Waals surface area contributed by atoms with Crippen molar-refractivity contribution in [3.8, 4) is 0 Å². The predicted molar refractivity (Wildman–Crippen MR) is 76.4 cm³/mol. The smallest absolute Gasteiger partial charge is 0.267 e. The van der Waals surface area contributed by atoms with Crippen LogP contribution in [0.25, 0.3) is 0 Å². The number of amides is 1. The summed E-state index contributed by atoms with van der Waals surface area (Å²) < 4.78 is 0. The van der Waals surface area contributed by atoms with Crippen molar-refractivity contribution in [3.63, 3.8) is 0 Å². The number of aliphatic hydroxyl groups excluding tert-OH is 1. The van der Waals surface area contributed by atoms with Crippen LogP contribution in [0.1, 0.15) is 18.5 Å². The Labute approximate surface area is 113 Å². The fourth-order valence-corrected chi connectivity index (χ4v) is 1.65. The molecule has 0 fully saturated rings. The van der Waals surface area contributed by atoms with Gasteiger partial charge in [0.2, 0.25) is 0 Å². The average molecular weight is 260 g/mol. The van der Waals surface area contributed by atoms with E-state index in [1.54, 1.807) is 13.1 Å². The second-order valence-corrected chi connectivity index (χ2v) is 4.27. The number of carbonyl (C=O) groups is 1. The van der Waals surface area contributed by atoms with E-state index in [9.17, 15) is 9.90 Å². The van der Waals surface area contributed by atoms with Gasteiger partial charge >= 0.3 is 0 Å². The van der Waals surface area contributed by atoms with Gasteiger partial charge < -0.3 is 15.7 Å². The first-order valence-electron chi connectivity index (χ1n) is 6.10. The minimum Gasteiger partial charge on any atom is -0.394 e. The third-order valence-electron chi connectivity index (χ3n) is 2.59. The second kappa shape index (κ2) is 7.38. The molecular weight excluding hydrogens is 240 g/mol. The quantitative estimate of drug-likeness (QED) is 0.537. The molecule has 0 bridgehead atoms. The van der Waals surface area contributed by atoms with E-state index in [-0.39, 0.29) is 12.5 Å². The number of allylic oxidation sites excluding steroid dienone is 2. The van der Waals surface area contributed by atoms with Crippen molar-refractivity contribution in [2.75, 3.05) is 13.7 Å². The van der Waals surface area contributed by atoms with E-state index >= 15 is 0 Å². The van der Waals surface area contributed by atoms with Crippen LogP contribution in [-0.2, 0) is 4.79 Å². The molecule has 1 amide bonds. The van der Waals surface area contributed by atoms with Gasteiger partial charge in [0.25, 0.3) is 5.91 Å². The van der Waals surface area contributed by atoms with Gasteiger partial charge in [0, 0.05) is 7.05 Å². The van der Waals surface area contributed by atoms with Crippen LogP contribution in [0.15, 0.2) is 54.3 Å². The molecule has 1 aromatic rings. The van der Waals surface area contributed by atoms with Crippen LogP contribution in [0.4, 0.5) is 0 Å². The lowest BCUT2D eigenvalue weighted by molar-refractivity contribution is -0.118. The summed E-state index contributed by atoms with van der Waals surface area (Å²) in [5, 5.41) is 15.0. The van der Waals surface area contributed by atoms with Gasteiger partial charge in [-0.2, -0.15) is 0 Å². The molecule has 102 valence electrons. The summed E-state index contributed by atoms with van der Waals surface area (Å²) in [7, 11) is 1.67. The van der Waals surface area contributed by atoms with Gasteiger partial charge in [0.15, 0.2) is 0 Å². The van der Waals surface area contributed by atoms with Gasteiger partial charge in [-0.1, -0.05) is 42.5 Å². The minimum absolute atomic E-state index is 0.153. The van der Waals surface area contributed by atoms with Crippen molar-refractivity contribution < 1.29 is 9.90 Å². The molecule has 0 spiro atoms. The molecule has 0 aliphatic heterocycles. The molecule has 0 aliphatic carbocycles. The zero-order valence-electron chi connectivity index (χ0n) is 11.3. The molecule has 19 heavy (non-hydrogen) atoms. The van der Waals surface area contributed by atoms with Gasteiger partial charge in [0.05, 0.1) is 18.3 Å². The molecule has 1 rings (SSSR count). The molecule has 4 nitrogen and oxygen atoms in total. The average Bonchev–Trinajstić information content (AvgIpc) is 2.42. The van der Waals surface area contributed by atoms with Crippen molar-refractivity contribution in [1.82, 2.24) is 10.6 Å². The second-order valence-electron chi connectivity index (χ2n) is 4.27. The van der Waals surface area contributed by atoms with E-state index in [0.29, 0.717) is 5.70 Å². The van der Waals surface area contributed by atoms with Crippen molar-refractivity contribution in [2.45, 2.75) is 13.0 Å².